The number of halogens is 1. The number of carbonyl (C=O) groups excluding carboxylic acids is 1. The molecule has 0 amide bonds. The van der Waals surface area contributed by atoms with Gasteiger partial charge in [0.05, 0.1) is 11.0 Å². The summed E-state index contributed by atoms with van der Waals surface area (Å²) in [6.45, 7) is 1.78. The van der Waals surface area contributed by atoms with E-state index in [0.29, 0.717) is 5.56 Å². The standard InChI is InChI=1S/C15H18BrN3O2/c1-18-12-7-10(14(20)9-3-5-17-6-4-9)11(16)8-13(12)19(2)15(18)21/h7-9,17H,3-6H2,1-2H3. The zero-order chi connectivity index (χ0) is 15.1. The summed E-state index contributed by atoms with van der Waals surface area (Å²) in [5.41, 5.74) is 2.22. The van der Waals surface area contributed by atoms with Crippen LogP contribution in [0.1, 0.15) is 23.2 Å². The molecule has 0 spiro atoms. The van der Waals surface area contributed by atoms with Crippen molar-refractivity contribution in [3.05, 3.63) is 32.7 Å². The van der Waals surface area contributed by atoms with Crippen molar-refractivity contribution in [1.82, 2.24) is 14.5 Å². The molecular formula is C15H18BrN3O2. The summed E-state index contributed by atoms with van der Waals surface area (Å²) < 4.78 is 3.94. The lowest BCUT2D eigenvalue weighted by Gasteiger charge is -2.21. The normalized spacial score (nSPS) is 16.5. The summed E-state index contributed by atoms with van der Waals surface area (Å²) in [7, 11) is 3.47. The van der Waals surface area contributed by atoms with Crippen molar-refractivity contribution in [2.45, 2.75) is 12.8 Å². The predicted octanol–water partition coefficient (Wildman–Crippen LogP) is 1.82. The van der Waals surface area contributed by atoms with E-state index >= 15 is 0 Å². The number of carbonyl (C=O) groups is 1. The topological polar surface area (TPSA) is 56.0 Å². The molecule has 1 saturated heterocycles. The molecule has 0 unspecified atom stereocenters. The molecule has 6 heteroatoms. The van der Waals surface area contributed by atoms with Crippen molar-refractivity contribution in [3.63, 3.8) is 0 Å². The molecule has 2 heterocycles. The van der Waals surface area contributed by atoms with Crippen LogP contribution in [0.15, 0.2) is 21.4 Å². The lowest BCUT2D eigenvalue weighted by atomic mass is 9.89. The van der Waals surface area contributed by atoms with Gasteiger partial charge in [-0.3, -0.25) is 13.9 Å². The molecule has 0 aliphatic carbocycles. The number of rotatable bonds is 2. The van der Waals surface area contributed by atoms with Gasteiger partial charge in [-0.2, -0.15) is 0 Å². The van der Waals surface area contributed by atoms with E-state index in [4.69, 9.17) is 0 Å². The van der Waals surface area contributed by atoms with E-state index in [1.54, 1.807) is 23.2 Å². The summed E-state index contributed by atoms with van der Waals surface area (Å²) in [6, 6.07) is 3.70. The Labute approximate surface area is 131 Å². The van der Waals surface area contributed by atoms with Gasteiger partial charge in [-0.15, -0.1) is 0 Å². The van der Waals surface area contributed by atoms with Gasteiger partial charge in [-0.1, -0.05) is 0 Å². The van der Waals surface area contributed by atoms with Crippen LogP contribution in [0.5, 0.6) is 0 Å². The largest absolute Gasteiger partial charge is 0.328 e. The van der Waals surface area contributed by atoms with Gasteiger partial charge in [0.2, 0.25) is 0 Å². The molecule has 1 aromatic carbocycles. The molecule has 0 saturated carbocycles. The highest BCUT2D eigenvalue weighted by Gasteiger charge is 2.25. The number of hydrogen-bond acceptors (Lipinski definition) is 3. The first kappa shape index (κ1) is 14.5. The lowest BCUT2D eigenvalue weighted by Crippen LogP contribution is -2.32. The summed E-state index contributed by atoms with van der Waals surface area (Å²) in [5.74, 6) is 0.238. The minimum Gasteiger partial charge on any atom is -0.317 e. The summed E-state index contributed by atoms with van der Waals surface area (Å²) >= 11 is 3.49. The fourth-order valence-corrected chi connectivity index (χ4v) is 3.54. The third-order valence-corrected chi connectivity index (χ3v) is 4.99. The van der Waals surface area contributed by atoms with Crippen molar-refractivity contribution < 1.29 is 4.79 Å². The van der Waals surface area contributed by atoms with Crippen LogP contribution in [0.25, 0.3) is 11.0 Å². The molecule has 0 bridgehead atoms. The predicted molar refractivity (Wildman–Crippen MR) is 85.8 cm³/mol. The first-order valence-corrected chi connectivity index (χ1v) is 7.90. The van der Waals surface area contributed by atoms with Gasteiger partial charge >= 0.3 is 5.69 Å². The number of piperidine rings is 1. The Morgan fingerprint density at radius 3 is 2.38 bits per heavy atom. The molecule has 5 nitrogen and oxygen atoms in total. The van der Waals surface area contributed by atoms with Crippen molar-refractivity contribution in [3.8, 4) is 0 Å². The van der Waals surface area contributed by atoms with E-state index in [1.165, 1.54) is 0 Å². The highest BCUT2D eigenvalue weighted by molar-refractivity contribution is 9.10. The van der Waals surface area contributed by atoms with E-state index in [0.717, 1.165) is 41.4 Å². The summed E-state index contributed by atoms with van der Waals surface area (Å²) in [5, 5.41) is 3.27. The van der Waals surface area contributed by atoms with Gasteiger partial charge < -0.3 is 5.32 Å². The zero-order valence-electron chi connectivity index (χ0n) is 12.1. The van der Waals surface area contributed by atoms with Crippen LogP contribution in [-0.4, -0.2) is 28.0 Å². The van der Waals surface area contributed by atoms with Gasteiger partial charge in [-0.25, -0.2) is 4.79 Å². The van der Waals surface area contributed by atoms with Gasteiger partial charge in [0.25, 0.3) is 0 Å². The maximum absolute atomic E-state index is 12.7. The Balaban J connectivity index is 2.10. The average Bonchev–Trinajstić information content (AvgIpc) is 2.71. The molecule has 112 valence electrons. The van der Waals surface area contributed by atoms with Gasteiger partial charge in [0.1, 0.15) is 0 Å². The van der Waals surface area contributed by atoms with Crippen molar-refractivity contribution >= 4 is 32.7 Å². The van der Waals surface area contributed by atoms with E-state index < -0.39 is 0 Å². The SMILES string of the molecule is Cn1c(=O)n(C)c2cc(C(=O)C3CCNCC3)c(Br)cc21. The average molecular weight is 352 g/mol. The molecule has 21 heavy (non-hydrogen) atoms. The Bertz CT molecular complexity index is 769. The Morgan fingerprint density at radius 1 is 1.19 bits per heavy atom. The number of hydrogen-bond donors (Lipinski definition) is 1. The smallest absolute Gasteiger partial charge is 0.317 e. The third-order valence-electron chi connectivity index (χ3n) is 4.34. The molecule has 1 N–H and O–H groups in total. The lowest BCUT2D eigenvalue weighted by molar-refractivity contribution is 0.0894. The molecule has 1 aromatic heterocycles. The van der Waals surface area contributed by atoms with Crippen LogP contribution in [0.2, 0.25) is 0 Å². The number of benzene rings is 1. The van der Waals surface area contributed by atoms with Crippen LogP contribution in [-0.2, 0) is 14.1 Å². The van der Waals surface area contributed by atoms with Crippen LogP contribution in [0.4, 0.5) is 0 Å². The monoisotopic (exact) mass is 351 g/mol. The van der Waals surface area contributed by atoms with Crippen molar-refractivity contribution in [2.24, 2.45) is 20.0 Å². The van der Waals surface area contributed by atoms with E-state index in [1.807, 2.05) is 12.1 Å². The fraction of sp³-hybridized carbons (Fsp3) is 0.467. The first-order valence-electron chi connectivity index (χ1n) is 7.10. The Morgan fingerprint density at radius 2 is 1.76 bits per heavy atom. The van der Waals surface area contributed by atoms with Crippen LogP contribution < -0.4 is 11.0 Å². The highest BCUT2D eigenvalue weighted by Crippen LogP contribution is 2.28. The maximum Gasteiger partial charge on any atom is 0.328 e. The summed E-state index contributed by atoms with van der Waals surface area (Å²) in [4.78, 5) is 24.7. The Kier molecular flexibility index (Phi) is 3.75. The van der Waals surface area contributed by atoms with E-state index in [9.17, 15) is 9.59 Å². The Hall–Kier alpha value is -1.40. The highest BCUT2D eigenvalue weighted by atomic mass is 79.9. The second kappa shape index (κ2) is 5.42. The second-order valence-corrected chi connectivity index (χ2v) is 6.46. The van der Waals surface area contributed by atoms with Crippen LogP contribution in [0, 0.1) is 5.92 Å². The van der Waals surface area contributed by atoms with Crippen molar-refractivity contribution in [1.29, 1.82) is 0 Å². The number of ketones is 1. The minimum absolute atomic E-state index is 0.0701. The molecule has 1 aliphatic rings. The molecule has 0 atom stereocenters. The molecule has 1 fully saturated rings. The molecule has 1 aliphatic heterocycles. The minimum atomic E-state index is -0.0802. The number of aryl methyl sites for hydroxylation is 2. The van der Waals surface area contributed by atoms with E-state index in [-0.39, 0.29) is 17.4 Å². The number of aromatic nitrogens is 2. The molecular weight excluding hydrogens is 334 g/mol. The van der Waals surface area contributed by atoms with E-state index in [2.05, 4.69) is 21.2 Å². The number of nitrogens with one attached hydrogen (secondary N) is 1. The van der Waals surface area contributed by atoms with Gasteiger partial charge in [0, 0.05) is 30.0 Å². The van der Waals surface area contributed by atoms with Crippen LogP contribution in [0.3, 0.4) is 0 Å². The second-order valence-electron chi connectivity index (χ2n) is 5.61. The quantitative estimate of drug-likeness (QED) is 0.839. The molecule has 2 aromatic rings. The number of fused-ring (bicyclic) bond motifs is 1. The molecule has 3 rings (SSSR count). The number of imidazole rings is 1. The summed E-state index contributed by atoms with van der Waals surface area (Å²) in [6.07, 6.45) is 1.74. The third kappa shape index (κ3) is 2.36. The van der Waals surface area contributed by atoms with Gasteiger partial charge in [0.15, 0.2) is 5.78 Å². The number of nitrogens with zero attached hydrogens (tertiary/aromatic N) is 2. The number of Topliss-reactive ketones (excluding diaryl/α,β-unsaturated/α-hetero) is 1. The fourth-order valence-electron chi connectivity index (χ4n) is 3.01. The molecule has 0 radical (unpaired) electrons. The maximum atomic E-state index is 12.7. The zero-order valence-corrected chi connectivity index (χ0v) is 13.7. The van der Waals surface area contributed by atoms with Crippen molar-refractivity contribution in [2.75, 3.05) is 13.1 Å². The van der Waals surface area contributed by atoms with Crippen LogP contribution >= 0.6 is 15.9 Å². The van der Waals surface area contributed by atoms with Gasteiger partial charge in [-0.05, 0) is 54.0 Å². The first-order chi connectivity index (χ1) is 10.0.